The Bertz CT molecular complexity index is 1140. The zero-order valence-corrected chi connectivity index (χ0v) is 15.9. The topological polar surface area (TPSA) is 66.5 Å². The van der Waals surface area contributed by atoms with Crippen LogP contribution >= 0.6 is 11.6 Å². The van der Waals surface area contributed by atoms with Crippen LogP contribution in [0.15, 0.2) is 84.6 Å². The van der Waals surface area contributed by atoms with Crippen molar-refractivity contribution in [3.63, 3.8) is 0 Å². The van der Waals surface area contributed by atoms with Gasteiger partial charge in [-0.3, -0.25) is 14.4 Å². The van der Waals surface area contributed by atoms with Crippen LogP contribution in [0.3, 0.4) is 0 Å². The van der Waals surface area contributed by atoms with Crippen molar-refractivity contribution in [2.24, 2.45) is 0 Å². The number of para-hydroxylation sites is 1. The van der Waals surface area contributed by atoms with Crippen molar-refractivity contribution in [3.8, 4) is 0 Å². The lowest BCUT2D eigenvalue weighted by atomic mass is 10.1. The Balaban J connectivity index is 1.88. The maximum Gasteiger partial charge on any atom is 0.272 e. The summed E-state index contributed by atoms with van der Waals surface area (Å²) < 4.78 is 0. The quantitative estimate of drug-likeness (QED) is 0.502. The third-order valence-corrected chi connectivity index (χ3v) is 4.73. The van der Waals surface area contributed by atoms with Gasteiger partial charge in [0.05, 0.1) is 11.3 Å². The van der Waals surface area contributed by atoms with Crippen LogP contribution in [0.5, 0.6) is 0 Å². The summed E-state index contributed by atoms with van der Waals surface area (Å²) in [6, 6.07) is 21.7. The van der Waals surface area contributed by atoms with Crippen molar-refractivity contribution in [1.29, 1.82) is 0 Å². The Morgan fingerprint density at radius 1 is 0.862 bits per heavy atom. The lowest BCUT2D eigenvalue weighted by molar-refractivity contribution is -0.113. The molecule has 0 aromatic heterocycles. The molecule has 0 saturated heterocycles. The predicted molar refractivity (Wildman–Crippen MR) is 111 cm³/mol. The first-order chi connectivity index (χ1) is 14.0. The molecule has 1 heterocycles. The summed E-state index contributed by atoms with van der Waals surface area (Å²) in [7, 11) is 0. The number of rotatable bonds is 2. The van der Waals surface area contributed by atoms with E-state index < -0.39 is 17.7 Å². The number of amides is 3. The van der Waals surface area contributed by atoms with Gasteiger partial charge in [-0.15, -0.1) is 0 Å². The predicted octanol–water partition coefficient (Wildman–Crippen LogP) is 4.62. The number of nitrogens with zero attached hydrogens (tertiary/aromatic N) is 1. The van der Waals surface area contributed by atoms with Crippen LogP contribution in [0.25, 0.3) is 6.08 Å². The van der Waals surface area contributed by atoms with E-state index in [1.165, 1.54) is 6.08 Å². The number of nitrogens with one attached hydrogen (secondary N) is 1. The fourth-order valence-electron chi connectivity index (χ4n) is 3.05. The van der Waals surface area contributed by atoms with E-state index in [4.69, 9.17) is 11.6 Å². The maximum absolute atomic E-state index is 13.3. The molecule has 0 bridgehead atoms. The second-order valence-electron chi connectivity index (χ2n) is 6.39. The summed E-state index contributed by atoms with van der Waals surface area (Å²) >= 11 is 5.93. The molecule has 3 aromatic rings. The number of halogens is 1. The SMILES string of the molecule is O=C1Nc2ccccc2C(=O)N(C(=O)c2ccccc2)/C1=C/c1ccc(Cl)cc1. The molecule has 0 aliphatic carbocycles. The molecular formula is C23H15ClN2O3. The minimum Gasteiger partial charge on any atom is -0.320 e. The van der Waals surface area contributed by atoms with Gasteiger partial charge < -0.3 is 5.32 Å². The standard InChI is InChI=1S/C23H15ClN2O3/c24-17-12-10-15(11-13-17)14-20-21(27)25-19-9-5-4-8-18(19)23(29)26(20)22(28)16-6-2-1-3-7-16/h1-14H,(H,25,27)/b20-14+. The lowest BCUT2D eigenvalue weighted by Gasteiger charge is -2.20. The molecule has 1 aliphatic rings. The van der Waals surface area contributed by atoms with Gasteiger partial charge in [-0.25, -0.2) is 4.90 Å². The molecule has 1 N–H and O–H groups in total. The van der Waals surface area contributed by atoms with Gasteiger partial charge in [-0.05, 0) is 48.0 Å². The van der Waals surface area contributed by atoms with Crippen LogP contribution in [0.2, 0.25) is 5.02 Å². The van der Waals surface area contributed by atoms with Gasteiger partial charge in [0.1, 0.15) is 5.70 Å². The van der Waals surface area contributed by atoms with Crippen LogP contribution < -0.4 is 5.32 Å². The number of hydrogen-bond donors (Lipinski definition) is 1. The molecule has 0 spiro atoms. The van der Waals surface area contributed by atoms with E-state index in [9.17, 15) is 14.4 Å². The number of anilines is 1. The summed E-state index contributed by atoms with van der Waals surface area (Å²) in [5.74, 6) is -1.71. The molecule has 3 aromatic carbocycles. The first-order valence-corrected chi connectivity index (χ1v) is 9.24. The van der Waals surface area contributed by atoms with Gasteiger partial charge in [-0.1, -0.05) is 54.1 Å². The van der Waals surface area contributed by atoms with E-state index >= 15 is 0 Å². The molecular weight excluding hydrogens is 388 g/mol. The Morgan fingerprint density at radius 3 is 2.24 bits per heavy atom. The molecule has 6 heteroatoms. The number of carbonyl (C=O) groups is 3. The molecule has 0 fully saturated rings. The summed E-state index contributed by atoms with van der Waals surface area (Å²) in [5, 5.41) is 3.26. The van der Waals surface area contributed by atoms with E-state index in [0.29, 0.717) is 21.8 Å². The summed E-state index contributed by atoms with van der Waals surface area (Å²) in [6.45, 7) is 0. The zero-order valence-electron chi connectivity index (χ0n) is 15.1. The number of hydrogen-bond acceptors (Lipinski definition) is 3. The van der Waals surface area contributed by atoms with E-state index in [0.717, 1.165) is 4.90 Å². The minimum atomic E-state index is -0.581. The van der Waals surface area contributed by atoms with Crippen molar-refractivity contribution in [2.75, 3.05) is 5.32 Å². The largest absolute Gasteiger partial charge is 0.320 e. The molecule has 1 aliphatic heterocycles. The number of fused-ring (bicyclic) bond motifs is 1. The first-order valence-electron chi connectivity index (χ1n) is 8.86. The number of imide groups is 1. The van der Waals surface area contributed by atoms with Crippen LogP contribution in [0.4, 0.5) is 5.69 Å². The van der Waals surface area contributed by atoms with E-state index in [2.05, 4.69) is 5.32 Å². The van der Waals surface area contributed by atoms with Crippen molar-refractivity contribution in [3.05, 3.63) is 106 Å². The highest BCUT2D eigenvalue weighted by atomic mass is 35.5. The Morgan fingerprint density at radius 2 is 1.52 bits per heavy atom. The fraction of sp³-hybridized carbons (Fsp3) is 0. The summed E-state index contributed by atoms with van der Waals surface area (Å²) in [6.07, 6.45) is 1.50. The van der Waals surface area contributed by atoms with Crippen LogP contribution in [0.1, 0.15) is 26.3 Å². The van der Waals surface area contributed by atoms with Gasteiger partial charge in [0.15, 0.2) is 0 Å². The molecule has 0 saturated carbocycles. The number of carbonyl (C=O) groups excluding carboxylic acids is 3. The van der Waals surface area contributed by atoms with Crippen molar-refractivity contribution >= 4 is 41.1 Å². The Labute approximate surface area is 172 Å². The average molecular weight is 403 g/mol. The monoisotopic (exact) mass is 402 g/mol. The average Bonchev–Trinajstić information content (AvgIpc) is 2.84. The molecule has 3 amide bonds. The van der Waals surface area contributed by atoms with Gasteiger partial charge in [0, 0.05) is 10.6 Å². The van der Waals surface area contributed by atoms with Crippen LogP contribution in [-0.2, 0) is 4.79 Å². The molecule has 4 rings (SSSR count). The first kappa shape index (κ1) is 18.7. The molecule has 29 heavy (non-hydrogen) atoms. The maximum atomic E-state index is 13.3. The second kappa shape index (κ2) is 7.73. The Kier molecular flexibility index (Phi) is 4.97. The van der Waals surface area contributed by atoms with Crippen molar-refractivity contribution in [2.45, 2.75) is 0 Å². The third kappa shape index (κ3) is 3.68. The van der Waals surface area contributed by atoms with Crippen molar-refractivity contribution < 1.29 is 14.4 Å². The summed E-state index contributed by atoms with van der Waals surface area (Å²) in [5.41, 5.74) is 1.46. The fourth-order valence-corrected chi connectivity index (χ4v) is 3.18. The van der Waals surface area contributed by atoms with Gasteiger partial charge in [-0.2, -0.15) is 0 Å². The molecule has 0 radical (unpaired) electrons. The van der Waals surface area contributed by atoms with Gasteiger partial charge >= 0.3 is 0 Å². The zero-order chi connectivity index (χ0) is 20.4. The highest BCUT2D eigenvalue weighted by Crippen LogP contribution is 2.27. The third-order valence-electron chi connectivity index (χ3n) is 4.48. The summed E-state index contributed by atoms with van der Waals surface area (Å²) in [4.78, 5) is 40.4. The van der Waals surface area contributed by atoms with E-state index in [1.807, 2.05) is 0 Å². The molecule has 5 nitrogen and oxygen atoms in total. The van der Waals surface area contributed by atoms with Gasteiger partial charge in [0.25, 0.3) is 17.7 Å². The molecule has 0 atom stereocenters. The van der Waals surface area contributed by atoms with Crippen LogP contribution in [-0.4, -0.2) is 22.6 Å². The number of benzene rings is 3. The smallest absolute Gasteiger partial charge is 0.272 e. The molecule has 0 unspecified atom stereocenters. The Hall–Kier alpha value is -3.70. The highest BCUT2D eigenvalue weighted by molar-refractivity contribution is 6.30. The minimum absolute atomic E-state index is 0.0672. The van der Waals surface area contributed by atoms with E-state index in [-0.39, 0.29) is 11.3 Å². The van der Waals surface area contributed by atoms with Gasteiger partial charge in [0.2, 0.25) is 0 Å². The second-order valence-corrected chi connectivity index (χ2v) is 6.83. The normalized spacial score (nSPS) is 14.9. The highest BCUT2D eigenvalue weighted by Gasteiger charge is 2.35. The lowest BCUT2D eigenvalue weighted by Crippen LogP contribution is -2.38. The molecule has 142 valence electrons. The van der Waals surface area contributed by atoms with Crippen molar-refractivity contribution in [1.82, 2.24) is 4.90 Å². The van der Waals surface area contributed by atoms with Crippen LogP contribution in [0, 0.1) is 0 Å². The van der Waals surface area contributed by atoms with E-state index in [1.54, 1.807) is 78.9 Å².